The number of pyridine rings is 2. The number of ether oxygens (including phenoxy) is 2. The first-order valence-corrected chi connectivity index (χ1v) is 12.0. The summed E-state index contributed by atoms with van der Waals surface area (Å²) >= 11 is 0. The van der Waals surface area contributed by atoms with Crippen LogP contribution in [0.5, 0.6) is 5.75 Å². The Labute approximate surface area is 201 Å². The number of aromatic nitrogens is 2. The van der Waals surface area contributed by atoms with Crippen molar-refractivity contribution in [1.82, 2.24) is 9.97 Å². The first kappa shape index (κ1) is 25.7. The Morgan fingerprint density at radius 3 is 1.76 bits per heavy atom. The lowest BCUT2D eigenvalue weighted by Crippen LogP contribution is -2.13. The van der Waals surface area contributed by atoms with Gasteiger partial charge in [-0.25, -0.2) is 0 Å². The van der Waals surface area contributed by atoms with Crippen LogP contribution < -0.4 is 0 Å². The Hall–Kier alpha value is -2.96. The van der Waals surface area contributed by atoms with Crippen LogP contribution in [0.3, 0.4) is 0 Å². The zero-order chi connectivity index (χ0) is 24.8. The molecule has 0 unspecified atom stereocenters. The molecule has 2 fully saturated rings. The number of rotatable bonds is 8. The average Bonchev–Trinajstić information content (AvgIpc) is 3.71. The van der Waals surface area contributed by atoms with Crippen molar-refractivity contribution < 1.29 is 24.2 Å². The zero-order valence-electron chi connectivity index (χ0n) is 20.7. The Morgan fingerprint density at radius 1 is 0.853 bits per heavy atom. The van der Waals surface area contributed by atoms with Crippen LogP contribution in [0.15, 0.2) is 36.9 Å². The molecular weight excluding hydrogens is 432 g/mol. The molecule has 0 aliphatic heterocycles. The second kappa shape index (κ2) is 11.4. The van der Waals surface area contributed by atoms with E-state index < -0.39 is 0 Å². The average molecular weight is 469 g/mol. The first-order chi connectivity index (χ1) is 16.2. The van der Waals surface area contributed by atoms with Crippen LogP contribution in [0, 0.1) is 30.6 Å². The number of hydrogen-bond acceptors (Lipinski definition) is 7. The van der Waals surface area contributed by atoms with Gasteiger partial charge >= 0.3 is 11.9 Å². The minimum absolute atomic E-state index is 0.0344. The molecule has 2 heterocycles. The number of esters is 2. The van der Waals surface area contributed by atoms with E-state index in [1.165, 1.54) is 17.3 Å². The summed E-state index contributed by atoms with van der Waals surface area (Å²) in [5.74, 6) is 1.59. The van der Waals surface area contributed by atoms with Gasteiger partial charge in [-0.1, -0.05) is 33.8 Å². The predicted molar refractivity (Wildman–Crippen MR) is 128 cm³/mol. The molecule has 0 saturated heterocycles. The van der Waals surface area contributed by atoms with Crippen molar-refractivity contribution in [3.8, 4) is 5.75 Å². The van der Waals surface area contributed by atoms with Gasteiger partial charge in [0.2, 0.25) is 0 Å². The lowest BCUT2D eigenvalue weighted by atomic mass is 10.1. The fourth-order valence-corrected chi connectivity index (χ4v) is 3.82. The number of carbonyl (C=O) groups excluding carboxylic acids is 2. The van der Waals surface area contributed by atoms with E-state index in [1.807, 2.05) is 47.0 Å². The molecule has 0 aromatic carbocycles. The molecule has 34 heavy (non-hydrogen) atoms. The van der Waals surface area contributed by atoms with Gasteiger partial charge in [0.05, 0.1) is 31.2 Å². The summed E-state index contributed by atoms with van der Waals surface area (Å²) in [6.45, 7) is 10.4. The van der Waals surface area contributed by atoms with Crippen LogP contribution in [0.2, 0.25) is 0 Å². The smallest absolute Gasteiger partial charge is 0.308 e. The van der Waals surface area contributed by atoms with Gasteiger partial charge in [-0.3, -0.25) is 19.6 Å². The minimum atomic E-state index is -0.148. The van der Waals surface area contributed by atoms with E-state index >= 15 is 0 Å². The summed E-state index contributed by atoms with van der Waals surface area (Å²) in [6.07, 6.45) is 9.06. The Balaban J connectivity index is 0.000000191. The van der Waals surface area contributed by atoms with Gasteiger partial charge in [-0.05, 0) is 54.4 Å². The highest BCUT2D eigenvalue weighted by Gasteiger charge is 2.40. The molecule has 0 bridgehead atoms. The molecule has 0 amide bonds. The van der Waals surface area contributed by atoms with Crippen molar-refractivity contribution in [2.75, 3.05) is 13.2 Å². The molecule has 0 spiro atoms. The van der Waals surface area contributed by atoms with E-state index in [0.717, 1.165) is 18.4 Å². The molecule has 1 N–H and O–H groups in total. The molecule has 2 aliphatic rings. The maximum atomic E-state index is 11.3. The summed E-state index contributed by atoms with van der Waals surface area (Å²) in [6, 6.07) is 3.89. The van der Waals surface area contributed by atoms with Gasteiger partial charge in [-0.15, -0.1) is 0 Å². The van der Waals surface area contributed by atoms with Crippen molar-refractivity contribution in [2.24, 2.45) is 23.7 Å². The SMILES string of the molecule is CC(C)C(=O)OC[C@H]1C[C@@H]1c1cncc(O)c1.Cc1cncc([C@H]2C[C@@H]2COC(=O)C(C)C)c1. The lowest BCUT2D eigenvalue weighted by Gasteiger charge is -2.06. The molecule has 2 aromatic rings. The van der Waals surface area contributed by atoms with E-state index in [4.69, 9.17) is 9.47 Å². The molecule has 2 saturated carbocycles. The Bertz CT molecular complexity index is 911. The molecule has 4 atom stereocenters. The van der Waals surface area contributed by atoms with E-state index in [9.17, 15) is 14.7 Å². The predicted octanol–water partition coefficient (Wildman–Crippen LogP) is 4.78. The topological polar surface area (TPSA) is 98.6 Å². The van der Waals surface area contributed by atoms with Gasteiger partial charge in [0.1, 0.15) is 5.75 Å². The maximum Gasteiger partial charge on any atom is 0.308 e. The van der Waals surface area contributed by atoms with Crippen LogP contribution in [0.4, 0.5) is 0 Å². The quantitative estimate of drug-likeness (QED) is 0.557. The van der Waals surface area contributed by atoms with Gasteiger partial charge in [0.15, 0.2) is 0 Å². The van der Waals surface area contributed by atoms with E-state index in [0.29, 0.717) is 36.9 Å². The van der Waals surface area contributed by atoms with Crippen LogP contribution in [0.25, 0.3) is 0 Å². The van der Waals surface area contributed by atoms with E-state index in [-0.39, 0.29) is 29.5 Å². The van der Waals surface area contributed by atoms with Crippen LogP contribution >= 0.6 is 0 Å². The van der Waals surface area contributed by atoms with Gasteiger partial charge in [0, 0.05) is 30.4 Å². The van der Waals surface area contributed by atoms with E-state index in [1.54, 1.807) is 12.3 Å². The fraction of sp³-hybridized carbons (Fsp3) is 0.556. The van der Waals surface area contributed by atoms with Crippen molar-refractivity contribution in [2.45, 2.75) is 59.3 Å². The largest absolute Gasteiger partial charge is 0.506 e. The van der Waals surface area contributed by atoms with Crippen LogP contribution in [0.1, 0.15) is 69.1 Å². The highest BCUT2D eigenvalue weighted by molar-refractivity contribution is 5.71. The number of carbonyl (C=O) groups is 2. The lowest BCUT2D eigenvalue weighted by molar-refractivity contribution is -0.148. The monoisotopic (exact) mass is 468 g/mol. The molecule has 184 valence electrons. The highest BCUT2D eigenvalue weighted by Crippen LogP contribution is 2.48. The third kappa shape index (κ3) is 7.54. The number of hydrogen-bond donors (Lipinski definition) is 1. The first-order valence-electron chi connectivity index (χ1n) is 12.0. The van der Waals surface area contributed by atoms with Gasteiger partial charge in [0.25, 0.3) is 0 Å². The van der Waals surface area contributed by atoms with E-state index in [2.05, 4.69) is 16.0 Å². The third-order valence-electron chi connectivity index (χ3n) is 6.16. The molecule has 7 nitrogen and oxygen atoms in total. The Kier molecular flexibility index (Phi) is 8.64. The van der Waals surface area contributed by atoms with Crippen molar-refractivity contribution in [3.05, 3.63) is 53.6 Å². The molecule has 2 aliphatic carbocycles. The third-order valence-corrected chi connectivity index (χ3v) is 6.16. The number of nitrogens with zero attached hydrogens (tertiary/aromatic N) is 2. The summed E-state index contributed by atoms with van der Waals surface area (Å²) in [7, 11) is 0. The number of aromatic hydroxyl groups is 1. The van der Waals surface area contributed by atoms with Crippen molar-refractivity contribution >= 4 is 11.9 Å². The molecule has 0 radical (unpaired) electrons. The molecule has 4 rings (SSSR count). The standard InChI is InChI=1S/C14H19NO2.C13H17NO3/c1-9(2)14(16)17-8-12-5-13(12)11-4-10(3)6-15-7-11;1-8(2)13(16)17-7-10-4-12(10)9-3-11(15)6-14-5-9/h4,6-7,9,12-13H,5,8H2,1-3H3;3,5-6,8,10,12,15H,4,7H2,1-2H3/t12-,13-;10-,12-/m11/s1. The second-order valence-electron chi connectivity index (χ2n) is 10.0. The van der Waals surface area contributed by atoms with Crippen LogP contribution in [-0.4, -0.2) is 40.2 Å². The maximum absolute atomic E-state index is 11.3. The van der Waals surface area contributed by atoms with Crippen molar-refractivity contribution in [3.63, 3.8) is 0 Å². The number of aryl methyl sites for hydroxylation is 1. The van der Waals surface area contributed by atoms with Crippen LogP contribution in [-0.2, 0) is 19.1 Å². The fourth-order valence-electron chi connectivity index (χ4n) is 3.82. The summed E-state index contributed by atoms with van der Waals surface area (Å²) < 4.78 is 10.4. The normalized spacial score (nSPS) is 22.6. The summed E-state index contributed by atoms with van der Waals surface area (Å²) in [4.78, 5) is 30.8. The molecule has 7 heteroatoms. The summed E-state index contributed by atoms with van der Waals surface area (Å²) in [5, 5.41) is 9.32. The highest BCUT2D eigenvalue weighted by atomic mass is 16.5. The second-order valence-corrected chi connectivity index (χ2v) is 10.0. The molecule has 2 aromatic heterocycles. The van der Waals surface area contributed by atoms with Gasteiger partial charge in [-0.2, -0.15) is 0 Å². The molecular formula is C27H36N2O5. The zero-order valence-corrected chi connectivity index (χ0v) is 20.7. The Morgan fingerprint density at radius 2 is 1.32 bits per heavy atom. The van der Waals surface area contributed by atoms with Crippen molar-refractivity contribution in [1.29, 1.82) is 0 Å². The van der Waals surface area contributed by atoms with Gasteiger partial charge < -0.3 is 14.6 Å². The summed E-state index contributed by atoms with van der Waals surface area (Å²) in [5.41, 5.74) is 3.48. The minimum Gasteiger partial charge on any atom is -0.506 e.